The Morgan fingerprint density at radius 3 is 1.62 bits per heavy atom. The molecule has 29 heavy (non-hydrogen) atoms. The number of hydrogen-bond acceptors (Lipinski definition) is 2. The van der Waals surface area contributed by atoms with Crippen molar-refractivity contribution in [3.05, 3.63) is 34.9 Å². The first-order valence-corrected chi connectivity index (χ1v) is 9.31. The minimum atomic E-state index is -4.95. The quantitative estimate of drug-likeness (QED) is 0.567. The molecule has 0 aliphatic heterocycles. The van der Waals surface area contributed by atoms with Crippen molar-refractivity contribution in [1.29, 1.82) is 0 Å². The van der Waals surface area contributed by atoms with Crippen LogP contribution in [0.2, 0.25) is 0 Å². The molecule has 0 bridgehead atoms. The lowest BCUT2D eigenvalue weighted by Crippen LogP contribution is -2.52. The van der Waals surface area contributed by atoms with Crippen LogP contribution in [-0.2, 0) is 22.7 Å². The number of benzene rings is 1. The van der Waals surface area contributed by atoms with Gasteiger partial charge in [0.25, 0.3) is 0 Å². The van der Waals surface area contributed by atoms with E-state index >= 15 is 0 Å². The smallest absolute Gasteiger partial charge is 0.346 e. The molecule has 0 fully saturated rings. The normalized spacial score (nSPS) is 14.4. The highest BCUT2D eigenvalue weighted by atomic mass is 19.4. The zero-order valence-corrected chi connectivity index (χ0v) is 17.3. The highest BCUT2D eigenvalue weighted by Crippen LogP contribution is 2.38. The van der Waals surface area contributed by atoms with Crippen molar-refractivity contribution >= 4 is 5.91 Å². The number of alkyl halides is 6. The fourth-order valence-electron chi connectivity index (χ4n) is 2.91. The number of carbonyl (C=O) groups excluding carboxylic acids is 1. The van der Waals surface area contributed by atoms with Crippen LogP contribution >= 0.6 is 0 Å². The minimum Gasteiger partial charge on any atom is -0.346 e. The van der Waals surface area contributed by atoms with Gasteiger partial charge in [0, 0.05) is 6.04 Å². The summed E-state index contributed by atoms with van der Waals surface area (Å²) in [7, 11) is 0. The number of rotatable bonds is 7. The van der Waals surface area contributed by atoms with Gasteiger partial charge in [-0.2, -0.15) is 26.3 Å². The summed E-state index contributed by atoms with van der Waals surface area (Å²) in [6.45, 7) is 10.3. The second kappa shape index (κ2) is 8.93. The molecule has 2 N–H and O–H groups in total. The van der Waals surface area contributed by atoms with E-state index < -0.39 is 41.0 Å². The van der Waals surface area contributed by atoms with Gasteiger partial charge in [0.05, 0.1) is 22.7 Å². The summed E-state index contributed by atoms with van der Waals surface area (Å²) in [4.78, 5) is 12.7. The predicted octanol–water partition coefficient (Wildman–Crippen LogP) is 5.49. The summed E-state index contributed by atoms with van der Waals surface area (Å²) in [5.41, 5.74) is -4.56. The standard InChI is InChI=1S/C20H28F6N2O/c1-11(2)7-16(27-12(3)4)17(29)28-18(5,6)13-8-14(19(21,22)23)10-15(9-13)20(24,25)26/h8-12,16,27H,7H2,1-6H3,(H,28,29). The molecule has 1 atom stereocenters. The molecule has 0 aliphatic rings. The summed E-state index contributed by atoms with van der Waals surface area (Å²) in [6.07, 6.45) is -9.43. The first-order chi connectivity index (χ1) is 12.9. The largest absolute Gasteiger partial charge is 0.416 e. The number of halogens is 6. The van der Waals surface area contributed by atoms with E-state index in [2.05, 4.69) is 10.6 Å². The Hall–Kier alpha value is -1.77. The van der Waals surface area contributed by atoms with Crippen LogP contribution < -0.4 is 10.6 Å². The maximum absolute atomic E-state index is 13.1. The van der Waals surface area contributed by atoms with Gasteiger partial charge in [-0.25, -0.2) is 0 Å². The van der Waals surface area contributed by atoms with Gasteiger partial charge in [0.1, 0.15) is 0 Å². The molecule has 0 saturated heterocycles. The van der Waals surface area contributed by atoms with Gasteiger partial charge in [-0.05, 0) is 49.9 Å². The Bertz CT molecular complexity index is 666. The average Bonchev–Trinajstić information content (AvgIpc) is 2.50. The third kappa shape index (κ3) is 7.53. The fraction of sp³-hybridized carbons (Fsp3) is 0.650. The molecule has 0 saturated carbocycles. The maximum Gasteiger partial charge on any atom is 0.416 e. The SMILES string of the molecule is CC(C)CC(NC(C)C)C(=O)NC(C)(C)c1cc(C(F)(F)F)cc(C(F)(F)F)c1. The molecule has 1 aromatic carbocycles. The zero-order chi connectivity index (χ0) is 22.8. The van der Waals surface area contributed by atoms with Crippen LogP contribution in [0.15, 0.2) is 18.2 Å². The fourth-order valence-corrected chi connectivity index (χ4v) is 2.91. The van der Waals surface area contributed by atoms with Crippen LogP contribution in [0.3, 0.4) is 0 Å². The molecule has 0 heterocycles. The third-order valence-electron chi connectivity index (χ3n) is 4.30. The van der Waals surface area contributed by atoms with Gasteiger partial charge in [0.2, 0.25) is 5.91 Å². The molecule has 9 heteroatoms. The number of hydrogen-bond donors (Lipinski definition) is 2. The molecule has 0 aromatic heterocycles. The van der Waals surface area contributed by atoms with Gasteiger partial charge in [-0.1, -0.05) is 27.7 Å². The molecule has 1 unspecified atom stereocenters. The van der Waals surface area contributed by atoms with E-state index in [9.17, 15) is 31.1 Å². The van der Waals surface area contributed by atoms with Crippen molar-refractivity contribution in [3.63, 3.8) is 0 Å². The van der Waals surface area contributed by atoms with Crippen LogP contribution in [0.4, 0.5) is 26.3 Å². The Labute approximate surface area is 167 Å². The number of amides is 1. The highest BCUT2D eigenvalue weighted by molar-refractivity contribution is 5.82. The predicted molar refractivity (Wildman–Crippen MR) is 99.1 cm³/mol. The van der Waals surface area contributed by atoms with E-state index in [1.165, 1.54) is 13.8 Å². The van der Waals surface area contributed by atoms with E-state index in [4.69, 9.17) is 0 Å². The van der Waals surface area contributed by atoms with Gasteiger partial charge in [0.15, 0.2) is 0 Å². The Balaban J connectivity index is 3.31. The topological polar surface area (TPSA) is 41.1 Å². The van der Waals surface area contributed by atoms with Crippen molar-refractivity contribution in [2.45, 2.75) is 77.9 Å². The molecular weight excluding hydrogens is 398 g/mol. The van der Waals surface area contributed by atoms with Crippen LogP contribution in [-0.4, -0.2) is 18.0 Å². The summed E-state index contributed by atoms with van der Waals surface area (Å²) in [5, 5.41) is 5.69. The van der Waals surface area contributed by atoms with Crippen molar-refractivity contribution in [1.82, 2.24) is 10.6 Å². The van der Waals surface area contributed by atoms with Gasteiger partial charge < -0.3 is 10.6 Å². The van der Waals surface area contributed by atoms with Crippen molar-refractivity contribution in [3.8, 4) is 0 Å². The van der Waals surface area contributed by atoms with Crippen molar-refractivity contribution in [2.24, 2.45) is 5.92 Å². The lowest BCUT2D eigenvalue weighted by atomic mass is 9.89. The second-order valence-corrected chi connectivity index (χ2v) is 8.41. The molecule has 0 aliphatic carbocycles. The van der Waals surface area contributed by atoms with E-state index in [-0.39, 0.29) is 23.6 Å². The Kier molecular flexibility index (Phi) is 7.78. The highest BCUT2D eigenvalue weighted by Gasteiger charge is 2.39. The lowest BCUT2D eigenvalue weighted by Gasteiger charge is -2.32. The molecule has 0 spiro atoms. The van der Waals surface area contributed by atoms with E-state index in [1.807, 2.05) is 27.7 Å². The maximum atomic E-state index is 13.1. The molecular formula is C20H28F6N2O. The molecule has 1 rings (SSSR count). The second-order valence-electron chi connectivity index (χ2n) is 8.41. The number of nitrogens with one attached hydrogen (secondary N) is 2. The molecule has 1 amide bonds. The first-order valence-electron chi connectivity index (χ1n) is 9.31. The van der Waals surface area contributed by atoms with Crippen molar-refractivity contribution < 1.29 is 31.1 Å². The third-order valence-corrected chi connectivity index (χ3v) is 4.30. The Morgan fingerprint density at radius 1 is 0.862 bits per heavy atom. The van der Waals surface area contributed by atoms with E-state index in [0.717, 1.165) is 0 Å². The summed E-state index contributed by atoms with van der Waals surface area (Å²) < 4.78 is 78.8. The molecule has 3 nitrogen and oxygen atoms in total. The van der Waals surface area contributed by atoms with Gasteiger partial charge in [-0.15, -0.1) is 0 Å². The van der Waals surface area contributed by atoms with Crippen molar-refractivity contribution in [2.75, 3.05) is 0 Å². The molecule has 0 radical (unpaired) electrons. The summed E-state index contributed by atoms with van der Waals surface area (Å²) in [5.74, 6) is -0.325. The summed E-state index contributed by atoms with van der Waals surface area (Å²) in [6, 6.07) is 0.704. The van der Waals surface area contributed by atoms with E-state index in [1.54, 1.807) is 0 Å². The minimum absolute atomic E-state index is 0.0296. The van der Waals surface area contributed by atoms with Gasteiger partial charge >= 0.3 is 12.4 Å². The lowest BCUT2D eigenvalue weighted by molar-refractivity contribution is -0.143. The van der Waals surface area contributed by atoms with Crippen LogP contribution in [0.25, 0.3) is 0 Å². The van der Waals surface area contributed by atoms with Gasteiger partial charge in [-0.3, -0.25) is 4.79 Å². The van der Waals surface area contributed by atoms with Crippen LogP contribution in [0.1, 0.15) is 64.7 Å². The first kappa shape index (κ1) is 25.3. The van der Waals surface area contributed by atoms with Crippen LogP contribution in [0.5, 0.6) is 0 Å². The summed E-state index contributed by atoms with van der Waals surface area (Å²) >= 11 is 0. The number of carbonyl (C=O) groups is 1. The molecule has 1 aromatic rings. The zero-order valence-electron chi connectivity index (χ0n) is 17.3. The average molecular weight is 426 g/mol. The monoisotopic (exact) mass is 426 g/mol. The van der Waals surface area contributed by atoms with E-state index in [0.29, 0.717) is 18.6 Å². The Morgan fingerprint density at radius 2 is 1.28 bits per heavy atom. The molecule has 166 valence electrons. The van der Waals surface area contributed by atoms with Crippen LogP contribution in [0, 0.1) is 5.92 Å².